The number of benzene rings is 2. The molecule has 1 aliphatic carbocycles. The molecule has 0 aliphatic heterocycles. The lowest BCUT2D eigenvalue weighted by Gasteiger charge is -2.31. The molecule has 2 nitrogen and oxygen atoms in total. The minimum atomic E-state index is -0.0195. The maximum absolute atomic E-state index is 12.4. The summed E-state index contributed by atoms with van der Waals surface area (Å²) in [6.07, 6.45) is 3.76. The summed E-state index contributed by atoms with van der Waals surface area (Å²) < 4.78 is 0. The fraction of sp³-hybridized carbons (Fsp3) is 0.316. The van der Waals surface area contributed by atoms with Gasteiger partial charge in [0.1, 0.15) is 5.78 Å². The Morgan fingerprint density at radius 2 is 1.73 bits per heavy atom. The van der Waals surface area contributed by atoms with E-state index in [-0.39, 0.29) is 12.0 Å². The number of para-hydroxylation sites is 1. The zero-order valence-corrected chi connectivity index (χ0v) is 13.2. The predicted molar refractivity (Wildman–Crippen MR) is 91.2 cm³/mol. The Labute approximate surface area is 136 Å². The highest BCUT2D eigenvalue weighted by Crippen LogP contribution is 2.36. The number of Topliss-reactive ketones (excluding diaryl/α,β-unsaturated/α-hetero) is 1. The molecule has 3 rings (SSSR count). The molecule has 2 atom stereocenters. The number of anilines is 1. The van der Waals surface area contributed by atoms with Gasteiger partial charge in [0.15, 0.2) is 0 Å². The average molecular weight is 314 g/mol. The van der Waals surface area contributed by atoms with Crippen molar-refractivity contribution in [3.8, 4) is 0 Å². The number of halogens is 1. The van der Waals surface area contributed by atoms with Gasteiger partial charge in [-0.3, -0.25) is 4.79 Å². The van der Waals surface area contributed by atoms with Gasteiger partial charge in [-0.25, -0.2) is 0 Å². The van der Waals surface area contributed by atoms with Crippen LogP contribution in [0.25, 0.3) is 0 Å². The summed E-state index contributed by atoms with van der Waals surface area (Å²) in [7, 11) is 0. The molecule has 114 valence electrons. The molecule has 0 spiro atoms. The van der Waals surface area contributed by atoms with E-state index in [0.717, 1.165) is 30.5 Å². The number of carbonyl (C=O) groups excluding carboxylic acids is 1. The van der Waals surface area contributed by atoms with Gasteiger partial charge in [-0.15, -0.1) is 0 Å². The summed E-state index contributed by atoms with van der Waals surface area (Å²) in [5.41, 5.74) is 2.03. The molecule has 0 radical (unpaired) electrons. The van der Waals surface area contributed by atoms with Crippen LogP contribution in [0.4, 0.5) is 5.69 Å². The van der Waals surface area contributed by atoms with Gasteiger partial charge < -0.3 is 5.32 Å². The predicted octanol–water partition coefficient (Wildman–Crippen LogP) is 5.25. The van der Waals surface area contributed by atoms with Crippen LogP contribution >= 0.6 is 11.6 Å². The van der Waals surface area contributed by atoms with Crippen molar-refractivity contribution < 1.29 is 4.79 Å². The third-order valence-electron chi connectivity index (χ3n) is 4.35. The summed E-state index contributed by atoms with van der Waals surface area (Å²) >= 11 is 6.28. The standard InChI is InChI=1S/C19H20ClNO/c20-16-11-5-6-12-17(16)21-19(14-8-2-1-3-9-14)15-10-4-7-13-18(15)22/h1-3,5-6,8-9,11-12,15,19,21H,4,7,10,13H2/t15-,19-/m0/s1. The Morgan fingerprint density at radius 3 is 2.45 bits per heavy atom. The van der Waals surface area contributed by atoms with Gasteiger partial charge in [0.05, 0.1) is 16.8 Å². The van der Waals surface area contributed by atoms with Crippen LogP contribution in [-0.4, -0.2) is 5.78 Å². The highest BCUT2D eigenvalue weighted by Gasteiger charge is 2.31. The maximum atomic E-state index is 12.4. The summed E-state index contributed by atoms with van der Waals surface area (Å²) in [5, 5.41) is 4.20. The van der Waals surface area contributed by atoms with Crippen molar-refractivity contribution in [1.82, 2.24) is 0 Å². The quantitative estimate of drug-likeness (QED) is 0.835. The Hall–Kier alpha value is -1.80. The SMILES string of the molecule is O=C1CCCC[C@@H]1[C@@H](Nc1ccccc1Cl)c1ccccc1. The third kappa shape index (κ3) is 3.33. The van der Waals surface area contributed by atoms with E-state index < -0.39 is 0 Å². The van der Waals surface area contributed by atoms with Gasteiger partial charge in [-0.05, 0) is 30.5 Å². The molecular formula is C19H20ClNO. The van der Waals surface area contributed by atoms with Crippen molar-refractivity contribution in [2.24, 2.45) is 5.92 Å². The maximum Gasteiger partial charge on any atom is 0.138 e. The Balaban J connectivity index is 1.93. The molecule has 1 aliphatic rings. The molecule has 1 N–H and O–H groups in total. The van der Waals surface area contributed by atoms with Crippen LogP contribution in [-0.2, 0) is 4.79 Å². The normalized spacial score (nSPS) is 19.7. The van der Waals surface area contributed by atoms with Crippen molar-refractivity contribution in [2.45, 2.75) is 31.7 Å². The number of hydrogen-bond acceptors (Lipinski definition) is 2. The van der Waals surface area contributed by atoms with Gasteiger partial charge in [-0.1, -0.05) is 60.5 Å². The van der Waals surface area contributed by atoms with E-state index in [1.807, 2.05) is 42.5 Å². The average Bonchev–Trinajstić information content (AvgIpc) is 2.56. The van der Waals surface area contributed by atoms with E-state index in [0.29, 0.717) is 17.2 Å². The van der Waals surface area contributed by atoms with Gasteiger partial charge in [-0.2, -0.15) is 0 Å². The molecule has 0 aromatic heterocycles. The lowest BCUT2D eigenvalue weighted by Crippen LogP contribution is -2.30. The number of hydrogen-bond donors (Lipinski definition) is 1. The zero-order valence-electron chi connectivity index (χ0n) is 12.5. The van der Waals surface area contributed by atoms with Crippen LogP contribution in [0.1, 0.15) is 37.3 Å². The van der Waals surface area contributed by atoms with E-state index in [1.54, 1.807) is 0 Å². The first kappa shape index (κ1) is 15.1. The van der Waals surface area contributed by atoms with Crippen molar-refractivity contribution >= 4 is 23.1 Å². The highest BCUT2D eigenvalue weighted by atomic mass is 35.5. The molecule has 2 aromatic carbocycles. The molecule has 3 heteroatoms. The Morgan fingerprint density at radius 1 is 1.00 bits per heavy atom. The van der Waals surface area contributed by atoms with Gasteiger partial charge in [0.25, 0.3) is 0 Å². The highest BCUT2D eigenvalue weighted by molar-refractivity contribution is 6.33. The minimum absolute atomic E-state index is 0.0195. The molecule has 0 unspecified atom stereocenters. The van der Waals surface area contributed by atoms with Crippen molar-refractivity contribution in [3.63, 3.8) is 0 Å². The Bertz CT molecular complexity index is 641. The molecular weight excluding hydrogens is 294 g/mol. The van der Waals surface area contributed by atoms with Crippen LogP contribution < -0.4 is 5.32 Å². The molecule has 0 saturated heterocycles. The first-order valence-electron chi connectivity index (χ1n) is 7.84. The van der Waals surface area contributed by atoms with E-state index in [4.69, 9.17) is 11.6 Å². The first-order chi connectivity index (χ1) is 10.8. The van der Waals surface area contributed by atoms with Crippen LogP contribution in [0.5, 0.6) is 0 Å². The van der Waals surface area contributed by atoms with Crippen LogP contribution in [0, 0.1) is 5.92 Å². The molecule has 2 aromatic rings. The smallest absolute Gasteiger partial charge is 0.138 e. The Kier molecular flexibility index (Phi) is 4.79. The topological polar surface area (TPSA) is 29.1 Å². The fourth-order valence-electron chi connectivity index (χ4n) is 3.18. The van der Waals surface area contributed by atoms with E-state index >= 15 is 0 Å². The van der Waals surface area contributed by atoms with Crippen LogP contribution in [0.3, 0.4) is 0 Å². The lowest BCUT2D eigenvalue weighted by molar-refractivity contribution is -0.125. The molecule has 0 bridgehead atoms. The van der Waals surface area contributed by atoms with Crippen LogP contribution in [0.15, 0.2) is 54.6 Å². The molecule has 0 heterocycles. The largest absolute Gasteiger partial charge is 0.376 e. The lowest BCUT2D eigenvalue weighted by atomic mass is 9.80. The van der Waals surface area contributed by atoms with Gasteiger partial charge in [0, 0.05) is 12.3 Å². The van der Waals surface area contributed by atoms with Crippen molar-refractivity contribution in [3.05, 3.63) is 65.2 Å². The molecule has 1 fully saturated rings. The first-order valence-corrected chi connectivity index (χ1v) is 8.22. The van der Waals surface area contributed by atoms with Gasteiger partial charge in [0.2, 0.25) is 0 Å². The third-order valence-corrected chi connectivity index (χ3v) is 4.68. The van der Waals surface area contributed by atoms with Crippen LogP contribution in [0.2, 0.25) is 5.02 Å². The number of rotatable bonds is 4. The second-order valence-electron chi connectivity index (χ2n) is 5.83. The summed E-state index contributed by atoms with van der Waals surface area (Å²) in [6.45, 7) is 0. The number of nitrogens with one attached hydrogen (secondary N) is 1. The minimum Gasteiger partial charge on any atom is -0.376 e. The number of ketones is 1. The zero-order chi connectivity index (χ0) is 15.4. The monoisotopic (exact) mass is 313 g/mol. The summed E-state index contributed by atoms with van der Waals surface area (Å²) in [5.74, 6) is 0.382. The van der Waals surface area contributed by atoms with E-state index in [2.05, 4.69) is 17.4 Å². The number of carbonyl (C=O) groups is 1. The second kappa shape index (κ2) is 6.97. The summed E-state index contributed by atoms with van der Waals surface area (Å²) in [6, 6.07) is 17.9. The molecule has 22 heavy (non-hydrogen) atoms. The fourth-order valence-corrected chi connectivity index (χ4v) is 3.38. The van der Waals surface area contributed by atoms with Crippen molar-refractivity contribution in [2.75, 3.05) is 5.32 Å². The molecule has 1 saturated carbocycles. The second-order valence-corrected chi connectivity index (χ2v) is 6.24. The molecule has 0 amide bonds. The van der Waals surface area contributed by atoms with E-state index in [1.165, 1.54) is 0 Å². The van der Waals surface area contributed by atoms with E-state index in [9.17, 15) is 4.79 Å². The summed E-state index contributed by atoms with van der Waals surface area (Å²) in [4.78, 5) is 12.4. The van der Waals surface area contributed by atoms with Crippen molar-refractivity contribution in [1.29, 1.82) is 0 Å². The van der Waals surface area contributed by atoms with Gasteiger partial charge >= 0.3 is 0 Å².